The van der Waals surface area contributed by atoms with E-state index in [1.165, 1.54) is 5.56 Å². The SMILES string of the molecule is Cc1ccccc1CNC(=O)[C@@H]1CCCN(c2ncnc3oc(C)c(C)c23)C1. The van der Waals surface area contributed by atoms with Crippen LogP contribution in [0.2, 0.25) is 0 Å². The van der Waals surface area contributed by atoms with Crippen LogP contribution < -0.4 is 10.2 Å². The van der Waals surface area contributed by atoms with Gasteiger partial charge in [0.05, 0.1) is 11.3 Å². The first-order chi connectivity index (χ1) is 13.5. The summed E-state index contributed by atoms with van der Waals surface area (Å²) < 4.78 is 5.75. The summed E-state index contributed by atoms with van der Waals surface area (Å²) in [5, 5.41) is 4.08. The summed E-state index contributed by atoms with van der Waals surface area (Å²) in [6.45, 7) is 8.16. The first kappa shape index (κ1) is 18.5. The van der Waals surface area contributed by atoms with E-state index in [2.05, 4.69) is 39.2 Å². The summed E-state index contributed by atoms with van der Waals surface area (Å²) in [7, 11) is 0. The van der Waals surface area contributed by atoms with Gasteiger partial charge in [-0.1, -0.05) is 24.3 Å². The highest BCUT2D eigenvalue weighted by atomic mass is 16.3. The Bertz CT molecular complexity index is 1010. The minimum absolute atomic E-state index is 0.0453. The Morgan fingerprint density at radius 2 is 2.07 bits per heavy atom. The van der Waals surface area contributed by atoms with Crippen LogP contribution in [0.15, 0.2) is 35.0 Å². The van der Waals surface area contributed by atoms with Gasteiger partial charge in [0, 0.05) is 25.2 Å². The number of hydrogen-bond acceptors (Lipinski definition) is 5. The molecule has 1 aromatic carbocycles. The van der Waals surface area contributed by atoms with Crippen molar-refractivity contribution in [3.63, 3.8) is 0 Å². The zero-order chi connectivity index (χ0) is 19.7. The van der Waals surface area contributed by atoms with Gasteiger partial charge in [-0.15, -0.1) is 0 Å². The second-order valence-electron chi connectivity index (χ2n) is 7.59. The standard InChI is InChI=1S/C22H26N4O2/c1-14-7-4-5-8-17(14)11-23-21(27)18-9-6-10-26(12-18)20-19-15(2)16(3)28-22(19)25-13-24-20/h4-5,7-8,13,18H,6,9-12H2,1-3H3,(H,23,27)/t18-/m1/s1. The maximum atomic E-state index is 12.8. The van der Waals surface area contributed by atoms with Crippen molar-refractivity contribution >= 4 is 22.8 Å². The average Bonchev–Trinajstić information content (AvgIpc) is 3.01. The summed E-state index contributed by atoms with van der Waals surface area (Å²) in [5.74, 6) is 1.80. The number of furan rings is 1. The first-order valence-corrected chi connectivity index (χ1v) is 9.82. The molecule has 0 unspecified atom stereocenters. The van der Waals surface area contributed by atoms with E-state index in [-0.39, 0.29) is 11.8 Å². The number of rotatable bonds is 4. The van der Waals surface area contributed by atoms with Crippen molar-refractivity contribution < 1.29 is 9.21 Å². The number of benzene rings is 1. The zero-order valence-electron chi connectivity index (χ0n) is 16.7. The lowest BCUT2D eigenvalue weighted by atomic mass is 9.96. The van der Waals surface area contributed by atoms with Crippen LogP contribution in [0.1, 0.15) is 35.3 Å². The van der Waals surface area contributed by atoms with Gasteiger partial charge in [0.15, 0.2) is 0 Å². The predicted molar refractivity (Wildman–Crippen MR) is 109 cm³/mol. The molecule has 1 N–H and O–H groups in total. The van der Waals surface area contributed by atoms with Crippen LogP contribution in [0.4, 0.5) is 5.82 Å². The molecule has 28 heavy (non-hydrogen) atoms. The number of nitrogens with zero attached hydrogens (tertiary/aromatic N) is 3. The number of hydrogen-bond donors (Lipinski definition) is 1. The molecular formula is C22H26N4O2. The fourth-order valence-electron chi connectivity index (χ4n) is 3.92. The van der Waals surface area contributed by atoms with E-state index in [9.17, 15) is 4.79 Å². The molecule has 0 aliphatic carbocycles. The second kappa shape index (κ2) is 7.62. The van der Waals surface area contributed by atoms with Crippen LogP contribution in [0.5, 0.6) is 0 Å². The highest BCUT2D eigenvalue weighted by Gasteiger charge is 2.28. The van der Waals surface area contributed by atoms with E-state index < -0.39 is 0 Å². The molecule has 3 aromatic rings. The maximum Gasteiger partial charge on any atom is 0.231 e. The summed E-state index contributed by atoms with van der Waals surface area (Å²) >= 11 is 0. The van der Waals surface area contributed by atoms with Crippen molar-refractivity contribution in [1.82, 2.24) is 15.3 Å². The van der Waals surface area contributed by atoms with E-state index in [4.69, 9.17) is 4.42 Å². The monoisotopic (exact) mass is 378 g/mol. The number of amides is 1. The minimum Gasteiger partial charge on any atom is -0.443 e. The largest absolute Gasteiger partial charge is 0.443 e. The Morgan fingerprint density at radius 3 is 2.89 bits per heavy atom. The molecule has 3 heterocycles. The molecule has 0 saturated carbocycles. The second-order valence-corrected chi connectivity index (χ2v) is 7.59. The van der Waals surface area contributed by atoms with Crippen LogP contribution in [0.25, 0.3) is 11.1 Å². The number of aryl methyl sites for hydroxylation is 3. The Morgan fingerprint density at radius 1 is 1.25 bits per heavy atom. The van der Waals surface area contributed by atoms with Crippen LogP contribution in [-0.4, -0.2) is 29.0 Å². The average molecular weight is 378 g/mol. The lowest BCUT2D eigenvalue weighted by Crippen LogP contribution is -2.43. The third-order valence-corrected chi connectivity index (χ3v) is 5.75. The van der Waals surface area contributed by atoms with Crippen molar-refractivity contribution in [1.29, 1.82) is 0 Å². The summed E-state index contributed by atoms with van der Waals surface area (Å²) in [6, 6.07) is 8.15. The molecule has 0 radical (unpaired) electrons. The van der Waals surface area contributed by atoms with E-state index >= 15 is 0 Å². The Kier molecular flexibility index (Phi) is 5.03. The zero-order valence-corrected chi connectivity index (χ0v) is 16.7. The molecule has 1 aliphatic rings. The molecule has 2 aromatic heterocycles. The summed E-state index contributed by atoms with van der Waals surface area (Å²) in [5.41, 5.74) is 4.04. The van der Waals surface area contributed by atoms with Crippen molar-refractivity contribution in [2.24, 2.45) is 5.92 Å². The number of aromatic nitrogens is 2. The number of anilines is 1. The van der Waals surface area contributed by atoms with Gasteiger partial charge in [-0.05, 0) is 44.7 Å². The first-order valence-electron chi connectivity index (χ1n) is 9.82. The van der Waals surface area contributed by atoms with Gasteiger partial charge in [0.25, 0.3) is 0 Å². The third kappa shape index (κ3) is 3.46. The summed E-state index contributed by atoms with van der Waals surface area (Å²) in [6.07, 6.45) is 3.40. The van der Waals surface area contributed by atoms with Gasteiger partial charge >= 0.3 is 0 Å². The van der Waals surface area contributed by atoms with Gasteiger partial charge < -0.3 is 14.6 Å². The molecule has 1 saturated heterocycles. The van der Waals surface area contributed by atoms with E-state index in [0.29, 0.717) is 18.8 Å². The molecule has 1 aliphatic heterocycles. The topological polar surface area (TPSA) is 71.3 Å². The fraction of sp³-hybridized carbons (Fsp3) is 0.409. The van der Waals surface area contributed by atoms with Gasteiger partial charge in [0.1, 0.15) is 17.9 Å². The van der Waals surface area contributed by atoms with Crippen molar-refractivity contribution in [3.8, 4) is 0 Å². The van der Waals surface area contributed by atoms with Crippen molar-refractivity contribution in [2.75, 3.05) is 18.0 Å². The van der Waals surface area contributed by atoms with E-state index in [1.807, 2.05) is 26.0 Å². The highest BCUT2D eigenvalue weighted by Crippen LogP contribution is 2.32. The molecule has 1 fully saturated rings. The Labute approximate surface area is 165 Å². The van der Waals surface area contributed by atoms with Gasteiger partial charge in [0.2, 0.25) is 11.6 Å². The van der Waals surface area contributed by atoms with Gasteiger partial charge in [-0.3, -0.25) is 4.79 Å². The minimum atomic E-state index is -0.0453. The lowest BCUT2D eigenvalue weighted by molar-refractivity contribution is -0.125. The van der Waals surface area contributed by atoms with Crippen molar-refractivity contribution in [3.05, 3.63) is 53.0 Å². The lowest BCUT2D eigenvalue weighted by Gasteiger charge is -2.33. The number of fused-ring (bicyclic) bond motifs is 1. The number of carbonyl (C=O) groups excluding carboxylic acids is 1. The third-order valence-electron chi connectivity index (χ3n) is 5.75. The fourth-order valence-corrected chi connectivity index (χ4v) is 3.92. The normalized spacial score (nSPS) is 17.1. The van der Waals surface area contributed by atoms with Crippen LogP contribution in [0, 0.1) is 26.7 Å². The summed E-state index contributed by atoms with van der Waals surface area (Å²) in [4.78, 5) is 23.8. The smallest absolute Gasteiger partial charge is 0.231 e. The molecule has 146 valence electrons. The van der Waals surface area contributed by atoms with E-state index in [1.54, 1.807) is 6.33 Å². The molecule has 1 amide bonds. The maximum absolute atomic E-state index is 12.8. The molecular weight excluding hydrogens is 352 g/mol. The molecule has 6 nitrogen and oxygen atoms in total. The number of nitrogens with one attached hydrogen (secondary N) is 1. The quantitative estimate of drug-likeness (QED) is 0.750. The van der Waals surface area contributed by atoms with Gasteiger partial charge in [-0.2, -0.15) is 0 Å². The van der Waals surface area contributed by atoms with Crippen molar-refractivity contribution in [2.45, 2.75) is 40.2 Å². The number of piperidine rings is 1. The molecule has 0 spiro atoms. The Balaban J connectivity index is 1.49. The number of carbonyl (C=O) groups is 1. The molecule has 0 bridgehead atoms. The molecule has 4 rings (SSSR count). The molecule has 1 atom stereocenters. The highest BCUT2D eigenvalue weighted by molar-refractivity contribution is 5.90. The van der Waals surface area contributed by atoms with Crippen LogP contribution in [0.3, 0.4) is 0 Å². The van der Waals surface area contributed by atoms with Crippen LogP contribution >= 0.6 is 0 Å². The molecule has 6 heteroatoms. The van der Waals surface area contributed by atoms with Gasteiger partial charge in [-0.25, -0.2) is 9.97 Å². The predicted octanol–water partition coefficient (Wildman–Crippen LogP) is 3.68. The Hall–Kier alpha value is -2.89. The van der Waals surface area contributed by atoms with E-state index in [0.717, 1.165) is 47.5 Å². The van der Waals surface area contributed by atoms with Crippen LogP contribution in [-0.2, 0) is 11.3 Å².